The van der Waals surface area contributed by atoms with Crippen LogP contribution in [0.4, 0.5) is 0 Å². The van der Waals surface area contributed by atoms with Crippen molar-refractivity contribution in [3.05, 3.63) is 70.0 Å². The van der Waals surface area contributed by atoms with Gasteiger partial charge in [0.1, 0.15) is 12.4 Å². The van der Waals surface area contributed by atoms with E-state index in [1.54, 1.807) is 16.2 Å². The van der Waals surface area contributed by atoms with Crippen molar-refractivity contribution in [2.24, 2.45) is 0 Å². The Hall–Kier alpha value is -2.66. The van der Waals surface area contributed by atoms with Crippen LogP contribution in [-0.4, -0.2) is 36.0 Å². The Morgan fingerprint density at radius 3 is 2.48 bits per heavy atom. The first kappa shape index (κ1) is 19.1. The van der Waals surface area contributed by atoms with Crippen molar-refractivity contribution in [2.75, 3.05) is 20.2 Å². The molecule has 1 heterocycles. The molecule has 0 bridgehead atoms. The van der Waals surface area contributed by atoms with Crippen LogP contribution in [0, 0.1) is 13.8 Å². The van der Waals surface area contributed by atoms with Crippen molar-refractivity contribution in [2.45, 2.75) is 20.3 Å². The number of hydrogen-bond donors (Lipinski definition) is 0. The molecule has 5 heteroatoms. The van der Waals surface area contributed by atoms with Gasteiger partial charge < -0.3 is 9.64 Å². The molecule has 3 aromatic rings. The van der Waals surface area contributed by atoms with Crippen LogP contribution < -0.4 is 4.74 Å². The third-order valence-corrected chi connectivity index (χ3v) is 5.28. The van der Waals surface area contributed by atoms with Crippen molar-refractivity contribution in [1.82, 2.24) is 9.88 Å². The second-order valence-electron chi connectivity index (χ2n) is 6.52. The normalized spacial score (nSPS) is 10.6. The lowest BCUT2D eigenvalue weighted by molar-refractivity contribution is -0.129. The molecule has 140 valence electrons. The predicted molar refractivity (Wildman–Crippen MR) is 110 cm³/mol. The number of likely N-dealkylation sites (N-methyl/N-ethyl adjacent to an activating group) is 1. The Labute approximate surface area is 164 Å². The van der Waals surface area contributed by atoms with Crippen LogP contribution in [0.3, 0.4) is 0 Å². The van der Waals surface area contributed by atoms with Gasteiger partial charge in [0.05, 0.1) is 23.7 Å². The molecule has 27 heavy (non-hydrogen) atoms. The van der Waals surface area contributed by atoms with Crippen molar-refractivity contribution in [3.8, 4) is 17.0 Å². The summed E-state index contributed by atoms with van der Waals surface area (Å²) in [5, 5.41) is 0.975. The van der Waals surface area contributed by atoms with Gasteiger partial charge in [-0.15, -0.1) is 11.3 Å². The smallest absolute Gasteiger partial charge is 0.227 e. The first-order valence-corrected chi connectivity index (χ1v) is 9.80. The molecular formula is C22H24N2O2S. The van der Waals surface area contributed by atoms with Gasteiger partial charge in [0, 0.05) is 17.5 Å². The van der Waals surface area contributed by atoms with E-state index in [0.717, 1.165) is 26.9 Å². The number of hydrogen-bond acceptors (Lipinski definition) is 4. The zero-order valence-electron chi connectivity index (χ0n) is 15.9. The molecule has 0 atom stereocenters. The van der Waals surface area contributed by atoms with E-state index in [1.165, 1.54) is 5.56 Å². The van der Waals surface area contributed by atoms with Gasteiger partial charge in [-0.25, -0.2) is 4.98 Å². The summed E-state index contributed by atoms with van der Waals surface area (Å²) in [5.74, 6) is 0.891. The lowest BCUT2D eigenvalue weighted by Gasteiger charge is -2.17. The van der Waals surface area contributed by atoms with Crippen LogP contribution in [0.1, 0.15) is 15.4 Å². The summed E-state index contributed by atoms with van der Waals surface area (Å²) in [4.78, 5) is 20.0. The Morgan fingerprint density at radius 1 is 1.07 bits per heavy atom. The van der Waals surface area contributed by atoms with Crippen LogP contribution in [0.15, 0.2) is 54.6 Å². The molecule has 0 aliphatic carbocycles. The standard InChI is InChI=1S/C22H24N2O2S/c1-16-9-11-18(12-10-16)22-20(27-17(2)23-22)15-21(25)24(3)13-14-26-19-7-5-4-6-8-19/h4-12H,13-15H2,1-3H3. The molecule has 0 unspecified atom stereocenters. The van der Waals surface area contributed by atoms with Gasteiger partial charge in [-0.05, 0) is 26.0 Å². The number of ether oxygens (including phenoxy) is 1. The molecule has 2 aromatic carbocycles. The number of aromatic nitrogens is 1. The molecule has 4 nitrogen and oxygen atoms in total. The van der Waals surface area contributed by atoms with E-state index in [9.17, 15) is 4.79 Å². The maximum atomic E-state index is 12.7. The summed E-state index contributed by atoms with van der Waals surface area (Å²) in [7, 11) is 1.82. The Balaban J connectivity index is 1.61. The maximum absolute atomic E-state index is 12.7. The summed E-state index contributed by atoms with van der Waals surface area (Å²) >= 11 is 1.59. The average Bonchev–Trinajstić information content (AvgIpc) is 3.03. The highest BCUT2D eigenvalue weighted by Gasteiger charge is 2.17. The SMILES string of the molecule is Cc1ccc(-c2nc(C)sc2CC(=O)N(C)CCOc2ccccc2)cc1. The Kier molecular flexibility index (Phi) is 6.24. The van der Waals surface area contributed by atoms with Gasteiger partial charge in [0.15, 0.2) is 0 Å². The molecular weight excluding hydrogens is 356 g/mol. The molecule has 0 saturated heterocycles. The number of benzene rings is 2. The maximum Gasteiger partial charge on any atom is 0.227 e. The minimum Gasteiger partial charge on any atom is -0.492 e. The number of amides is 1. The summed E-state index contributed by atoms with van der Waals surface area (Å²) in [6, 6.07) is 17.9. The van der Waals surface area contributed by atoms with Gasteiger partial charge in [-0.1, -0.05) is 48.0 Å². The van der Waals surface area contributed by atoms with Gasteiger partial charge in [0.2, 0.25) is 5.91 Å². The van der Waals surface area contributed by atoms with E-state index in [4.69, 9.17) is 4.74 Å². The zero-order chi connectivity index (χ0) is 19.2. The monoisotopic (exact) mass is 380 g/mol. The first-order chi connectivity index (χ1) is 13.0. The molecule has 0 aliphatic rings. The molecule has 0 spiro atoms. The third-order valence-electron chi connectivity index (χ3n) is 4.31. The highest BCUT2D eigenvalue weighted by molar-refractivity contribution is 7.12. The summed E-state index contributed by atoms with van der Waals surface area (Å²) in [5.41, 5.74) is 3.18. The predicted octanol–water partition coefficient (Wildman–Crippen LogP) is 4.51. The van der Waals surface area contributed by atoms with E-state index >= 15 is 0 Å². The molecule has 0 aliphatic heterocycles. The third kappa shape index (κ3) is 5.17. The Morgan fingerprint density at radius 2 is 1.78 bits per heavy atom. The average molecular weight is 381 g/mol. The van der Waals surface area contributed by atoms with Gasteiger partial charge in [-0.3, -0.25) is 4.79 Å². The fraction of sp³-hybridized carbons (Fsp3) is 0.273. The number of para-hydroxylation sites is 1. The minimum absolute atomic E-state index is 0.0728. The topological polar surface area (TPSA) is 42.4 Å². The lowest BCUT2D eigenvalue weighted by atomic mass is 10.1. The largest absolute Gasteiger partial charge is 0.492 e. The highest BCUT2D eigenvalue weighted by Crippen LogP contribution is 2.29. The summed E-state index contributed by atoms with van der Waals surface area (Å²) in [6.45, 7) is 5.06. The number of aryl methyl sites for hydroxylation is 2. The fourth-order valence-electron chi connectivity index (χ4n) is 2.74. The van der Waals surface area contributed by atoms with E-state index in [2.05, 4.69) is 36.2 Å². The van der Waals surface area contributed by atoms with Crippen LogP contribution >= 0.6 is 11.3 Å². The minimum atomic E-state index is 0.0728. The molecule has 1 amide bonds. The molecule has 0 N–H and O–H groups in total. The van der Waals surface area contributed by atoms with E-state index < -0.39 is 0 Å². The lowest BCUT2D eigenvalue weighted by Crippen LogP contribution is -2.32. The van der Waals surface area contributed by atoms with E-state index in [0.29, 0.717) is 19.6 Å². The number of nitrogens with zero attached hydrogens (tertiary/aromatic N) is 2. The van der Waals surface area contributed by atoms with Crippen LogP contribution in [-0.2, 0) is 11.2 Å². The molecule has 0 saturated carbocycles. The first-order valence-electron chi connectivity index (χ1n) is 8.98. The number of thiazole rings is 1. The van der Waals surface area contributed by atoms with Gasteiger partial charge >= 0.3 is 0 Å². The Bertz CT molecular complexity index is 888. The zero-order valence-corrected chi connectivity index (χ0v) is 16.8. The summed E-state index contributed by atoms with van der Waals surface area (Å²) < 4.78 is 5.68. The van der Waals surface area contributed by atoms with E-state index in [1.807, 2.05) is 44.3 Å². The van der Waals surface area contributed by atoms with Crippen LogP contribution in [0.2, 0.25) is 0 Å². The van der Waals surface area contributed by atoms with Crippen molar-refractivity contribution in [1.29, 1.82) is 0 Å². The second-order valence-corrected chi connectivity index (χ2v) is 7.81. The number of carbonyl (C=O) groups excluding carboxylic acids is 1. The number of rotatable bonds is 7. The van der Waals surface area contributed by atoms with Crippen LogP contribution in [0.5, 0.6) is 5.75 Å². The van der Waals surface area contributed by atoms with Crippen molar-refractivity contribution < 1.29 is 9.53 Å². The quantitative estimate of drug-likeness (QED) is 0.606. The number of carbonyl (C=O) groups is 1. The summed E-state index contributed by atoms with van der Waals surface area (Å²) in [6.07, 6.45) is 0.358. The highest BCUT2D eigenvalue weighted by atomic mass is 32.1. The van der Waals surface area contributed by atoms with E-state index in [-0.39, 0.29) is 5.91 Å². The van der Waals surface area contributed by atoms with Crippen LogP contribution in [0.25, 0.3) is 11.3 Å². The van der Waals surface area contributed by atoms with Gasteiger partial charge in [-0.2, -0.15) is 0 Å². The molecule has 3 rings (SSSR count). The van der Waals surface area contributed by atoms with Crippen molar-refractivity contribution in [3.63, 3.8) is 0 Å². The van der Waals surface area contributed by atoms with Gasteiger partial charge in [0.25, 0.3) is 0 Å². The molecule has 0 radical (unpaired) electrons. The second kappa shape index (κ2) is 8.82. The fourth-order valence-corrected chi connectivity index (χ4v) is 3.69. The molecule has 0 fully saturated rings. The van der Waals surface area contributed by atoms with Crippen molar-refractivity contribution >= 4 is 17.2 Å². The molecule has 1 aromatic heterocycles.